The first kappa shape index (κ1) is 10.7. The molecule has 1 fully saturated rings. The van der Waals surface area contributed by atoms with E-state index < -0.39 is 0 Å². The molecule has 4 heteroatoms. The normalized spacial score (nSPS) is 26.1. The number of rotatable bonds is 1. The number of nitrogens with zero attached hydrogens (tertiary/aromatic N) is 1. The van der Waals surface area contributed by atoms with E-state index in [-0.39, 0.29) is 0 Å². The van der Waals surface area contributed by atoms with E-state index in [9.17, 15) is 0 Å². The molecule has 88 valence electrons. The lowest BCUT2D eigenvalue weighted by molar-refractivity contribution is 0.150. The van der Waals surface area contributed by atoms with Gasteiger partial charge in [0, 0.05) is 37.7 Å². The molecule has 0 saturated carbocycles. The molecule has 1 unspecified atom stereocenters. The van der Waals surface area contributed by atoms with E-state index >= 15 is 0 Å². The number of fused-ring (bicyclic) bond motifs is 1. The van der Waals surface area contributed by atoms with Crippen LogP contribution in [0.1, 0.15) is 24.4 Å². The lowest BCUT2D eigenvalue weighted by atomic mass is 10.1. The SMILES string of the molecule is c1c(C2CCOCCN2)cn2c1SCCC2. The molecule has 1 saturated heterocycles. The minimum atomic E-state index is 0.487. The highest BCUT2D eigenvalue weighted by Gasteiger charge is 2.18. The molecule has 0 aliphatic carbocycles. The zero-order valence-corrected chi connectivity index (χ0v) is 10.3. The van der Waals surface area contributed by atoms with Gasteiger partial charge in [-0.2, -0.15) is 0 Å². The maximum Gasteiger partial charge on any atom is 0.0751 e. The first-order valence-electron chi connectivity index (χ1n) is 6.07. The van der Waals surface area contributed by atoms with Crippen molar-refractivity contribution in [3.63, 3.8) is 0 Å². The average Bonchev–Trinajstić information content (AvgIpc) is 2.56. The third-order valence-electron chi connectivity index (χ3n) is 3.26. The van der Waals surface area contributed by atoms with E-state index in [1.165, 1.54) is 29.3 Å². The number of thioether (sulfide) groups is 1. The Morgan fingerprint density at radius 2 is 2.44 bits per heavy atom. The van der Waals surface area contributed by atoms with Crippen LogP contribution in [0.2, 0.25) is 0 Å². The Bertz CT molecular complexity index is 332. The van der Waals surface area contributed by atoms with Gasteiger partial charge in [0.1, 0.15) is 0 Å². The van der Waals surface area contributed by atoms with Gasteiger partial charge in [0.15, 0.2) is 0 Å². The zero-order chi connectivity index (χ0) is 10.8. The van der Waals surface area contributed by atoms with Crippen LogP contribution in [0.5, 0.6) is 0 Å². The molecule has 16 heavy (non-hydrogen) atoms. The molecular formula is C12H18N2OS. The van der Waals surface area contributed by atoms with Gasteiger partial charge in [-0.3, -0.25) is 0 Å². The van der Waals surface area contributed by atoms with Crippen LogP contribution >= 0.6 is 11.8 Å². The molecule has 0 radical (unpaired) electrons. The second kappa shape index (κ2) is 4.82. The van der Waals surface area contributed by atoms with E-state index in [2.05, 4.69) is 22.1 Å². The summed E-state index contributed by atoms with van der Waals surface area (Å²) >= 11 is 1.98. The summed E-state index contributed by atoms with van der Waals surface area (Å²) in [6.45, 7) is 3.88. The van der Waals surface area contributed by atoms with Crippen LogP contribution in [-0.4, -0.2) is 30.1 Å². The molecule has 0 spiro atoms. The van der Waals surface area contributed by atoms with E-state index in [4.69, 9.17) is 4.74 Å². The van der Waals surface area contributed by atoms with Crippen molar-refractivity contribution in [2.75, 3.05) is 25.5 Å². The third-order valence-corrected chi connectivity index (χ3v) is 4.40. The van der Waals surface area contributed by atoms with Gasteiger partial charge in [-0.1, -0.05) is 0 Å². The Morgan fingerprint density at radius 1 is 1.44 bits per heavy atom. The van der Waals surface area contributed by atoms with Crippen molar-refractivity contribution in [1.29, 1.82) is 0 Å². The predicted molar refractivity (Wildman–Crippen MR) is 66.0 cm³/mol. The number of nitrogens with one attached hydrogen (secondary N) is 1. The monoisotopic (exact) mass is 238 g/mol. The fraction of sp³-hybridized carbons (Fsp3) is 0.667. The summed E-state index contributed by atoms with van der Waals surface area (Å²) in [5.41, 5.74) is 1.44. The van der Waals surface area contributed by atoms with Gasteiger partial charge in [0.2, 0.25) is 0 Å². The second-order valence-electron chi connectivity index (χ2n) is 4.41. The highest BCUT2D eigenvalue weighted by atomic mass is 32.2. The molecule has 0 aromatic carbocycles. The molecule has 2 aliphatic rings. The number of aryl methyl sites for hydroxylation is 1. The van der Waals surface area contributed by atoms with Crippen molar-refractivity contribution >= 4 is 11.8 Å². The van der Waals surface area contributed by atoms with Crippen LogP contribution < -0.4 is 5.32 Å². The summed E-state index contributed by atoms with van der Waals surface area (Å²) in [5, 5.41) is 5.00. The molecule has 0 bridgehead atoms. The zero-order valence-electron chi connectivity index (χ0n) is 9.45. The highest BCUT2D eigenvalue weighted by molar-refractivity contribution is 7.99. The summed E-state index contributed by atoms with van der Waals surface area (Å²) in [6.07, 6.45) is 4.71. The largest absolute Gasteiger partial charge is 0.380 e. The van der Waals surface area contributed by atoms with Gasteiger partial charge in [-0.15, -0.1) is 11.8 Å². The van der Waals surface area contributed by atoms with Gasteiger partial charge >= 0.3 is 0 Å². The second-order valence-corrected chi connectivity index (χ2v) is 5.53. The predicted octanol–water partition coefficient (Wildman–Crippen LogP) is 2.03. The summed E-state index contributed by atoms with van der Waals surface area (Å²) in [6, 6.07) is 2.84. The Labute approximate surface area is 101 Å². The average molecular weight is 238 g/mol. The number of hydrogen-bond acceptors (Lipinski definition) is 3. The summed E-state index contributed by atoms with van der Waals surface area (Å²) in [7, 11) is 0. The fourth-order valence-electron chi connectivity index (χ4n) is 2.40. The highest BCUT2D eigenvalue weighted by Crippen LogP contribution is 2.30. The molecule has 3 heterocycles. The Morgan fingerprint density at radius 3 is 3.38 bits per heavy atom. The van der Waals surface area contributed by atoms with Crippen molar-refractivity contribution in [3.8, 4) is 0 Å². The molecule has 1 aromatic heterocycles. The van der Waals surface area contributed by atoms with Gasteiger partial charge in [0.25, 0.3) is 0 Å². The Hall–Kier alpha value is -0.450. The first-order chi connectivity index (χ1) is 7.93. The molecule has 2 aliphatic heterocycles. The standard InChI is InChI=1S/C12H18N2OS/c1-4-14-9-10(8-12(14)16-7-1)11-2-5-15-6-3-13-11/h8-9,11,13H,1-7H2. The van der Waals surface area contributed by atoms with Crippen LogP contribution in [0.25, 0.3) is 0 Å². The van der Waals surface area contributed by atoms with Crippen molar-refractivity contribution in [2.45, 2.75) is 30.5 Å². The molecule has 0 amide bonds. The number of hydrogen-bond donors (Lipinski definition) is 1. The molecule has 1 N–H and O–H groups in total. The minimum absolute atomic E-state index is 0.487. The van der Waals surface area contributed by atoms with E-state index in [0.29, 0.717) is 6.04 Å². The Balaban J connectivity index is 1.79. The lowest BCUT2D eigenvalue weighted by Crippen LogP contribution is -2.21. The fourth-order valence-corrected chi connectivity index (χ4v) is 3.41. The van der Waals surface area contributed by atoms with Gasteiger partial charge in [-0.05, 0) is 24.5 Å². The third kappa shape index (κ3) is 2.14. The molecular weight excluding hydrogens is 220 g/mol. The van der Waals surface area contributed by atoms with E-state index in [0.717, 1.165) is 26.2 Å². The maximum absolute atomic E-state index is 5.47. The van der Waals surface area contributed by atoms with Crippen molar-refractivity contribution < 1.29 is 4.74 Å². The summed E-state index contributed by atoms with van der Waals surface area (Å²) in [4.78, 5) is 0. The van der Waals surface area contributed by atoms with Crippen LogP contribution in [0, 0.1) is 0 Å². The van der Waals surface area contributed by atoms with E-state index in [1.54, 1.807) is 0 Å². The lowest BCUT2D eigenvalue weighted by Gasteiger charge is -2.13. The first-order valence-corrected chi connectivity index (χ1v) is 7.06. The Kier molecular flexibility index (Phi) is 3.22. The van der Waals surface area contributed by atoms with Crippen LogP contribution in [0.4, 0.5) is 0 Å². The maximum atomic E-state index is 5.47. The van der Waals surface area contributed by atoms with Crippen LogP contribution in [0.3, 0.4) is 0 Å². The van der Waals surface area contributed by atoms with Gasteiger partial charge in [-0.25, -0.2) is 0 Å². The quantitative estimate of drug-likeness (QED) is 0.811. The minimum Gasteiger partial charge on any atom is -0.380 e. The molecule has 3 rings (SSSR count). The number of aromatic nitrogens is 1. The van der Waals surface area contributed by atoms with Crippen LogP contribution in [0.15, 0.2) is 17.3 Å². The molecule has 1 aromatic rings. The molecule has 3 nitrogen and oxygen atoms in total. The van der Waals surface area contributed by atoms with Gasteiger partial charge in [0.05, 0.1) is 11.6 Å². The van der Waals surface area contributed by atoms with E-state index in [1.807, 2.05) is 11.8 Å². The van der Waals surface area contributed by atoms with Crippen molar-refractivity contribution in [2.24, 2.45) is 0 Å². The summed E-state index contributed by atoms with van der Waals surface area (Å²) in [5.74, 6) is 1.27. The van der Waals surface area contributed by atoms with Crippen molar-refractivity contribution in [3.05, 3.63) is 17.8 Å². The van der Waals surface area contributed by atoms with Crippen LogP contribution in [-0.2, 0) is 11.3 Å². The summed E-state index contributed by atoms with van der Waals surface area (Å²) < 4.78 is 7.87. The topological polar surface area (TPSA) is 26.2 Å². The number of ether oxygens (including phenoxy) is 1. The van der Waals surface area contributed by atoms with Crippen molar-refractivity contribution in [1.82, 2.24) is 9.88 Å². The van der Waals surface area contributed by atoms with Gasteiger partial charge < -0.3 is 14.6 Å². The molecule has 1 atom stereocenters. The smallest absolute Gasteiger partial charge is 0.0751 e.